The summed E-state index contributed by atoms with van der Waals surface area (Å²) in [6.45, 7) is 14.2. The van der Waals surface area contributed by atoms with E-state index in [1.165, 1.54) is 18.2 Å². The molecule has 3 aliphatic heterocycles. The molecule has 276 valence electrons. The van der Waals surface area contributed by atoms with Crippen molar-refractivity contribution in [3.63, 3.8) is 0 Å². The normalized spacial score (nSPS) is 31.6. The van der Waals surface area contributed by atoms with Crippen LogP contribution in [0.3, 0.4) is 0 Å². The molecule has 1 N–H and O–H groups in total. The molecule has 7 rings (SSSR count). The Balaban J connectivity index is 1.33. The minimum Gasteiger partial charge on any atom is -0.490 e. The number of aryl methyl sites for hydroxylation is 1. The fraction of sp³-hybridized carbons (Fsp3) is 0.610. The first-order valence-corrected chi connectivity index (χ1v) is 22.2. The van der Waals surface area contributed by atoms with Crippen LogP contribution >= 0.6 is 11.6 Å². The van der Waals surface area contributed by atoms with Crippen molar-refractivity contribution in [2.75, 3.05) is 38.3 Å². The van der Waals surface area contributed by atoms with Gasteiger partial charge in [-0.15, -0.1) is 0 Å². The van der Waals surface area contributed by atoms with Gasteiger partial charge in [-0.25, -0.2) is 4.79 Å². The second-order valence-corrected chi connectivity index (χ2v) is 22.5. The summed E-state index contributed by atoms with van der Waals surface area (Å²) in [4.78, 5) is 31.5. The molecule has 2 aromatic rings. The Hall–Kier alpha value is -2.85. The number of fused-ring (bicyclic) bond motifs is 5. The Labute approximate surface area is 309 Å². The van der Waals surface area contributed by atoms with E-state index in [-0.39, 0.29) is 34.9 Å². The van der Waals surface area contributed by atoms with Crippen LogP contribution in [0, 0.1) is 11.8 Å². The summed E-state index contributed by atoms with van der Waals surface area (Å²) >= 11 is 6.50. The Bertz CT molecular complexity index is 1710. The van der Waals surface area contributed by atoms with E-state index in [0.717, 1.165) is 62.3 Å². The van der Waals surface area contributed by atoms with Gasteiger partial charge in [-0.05, 0) is 116 Å². The van der Waals surface area contributed by atoms with E-state index in [2.05, 4.69) is 63.0 Å². The number of aliphatic hydroxyl groups is 1. The number of carbonyl (C=O) groups excluding carboxylic acids is 2. The van der Waals surface area contributed by atoms with E-state index < -0.39 is 19.9 Å². The van der Waals surface area contributed by atoms with Crippen molar-refractivity contribution < 1.29 is 28.6 Å². The molecule has 0 aromatic heterocycles. The van der Waals surface area contributed by atoms with Gasteiger partial charge in [-0.2, -0.15) is 0 Å². The third-order valence-electron chi connectivity index (χ3n) is 13.2. The lowest BCUT2D eigenvalue weighted by atomic mass is 9.68. The lowest BCUT2D eigenvalue weighted by molar-refractivity contribution is -0.169. The van der Waals surface area contributed by atoms with Crippen molar-refractivity contribution in [2.45, 2.75) is 113 Å². The van der Waals surface area contributed by atoms with Crippen molar-refractivity contribution >= 4 is 37.5 Å². The number of methoxy groups -OCH3 is 1. The Morgan fingerprint density at radius 2 is 1.92 bits per heavy atom. The minimum absolute atomic E-state index is 0.00765. The molecule has 51 heavy (non-hydrogen) atoms. The third kappa shape index (κ3) is 6.66. The van der Waals surface area contributed by atoms with Gasteiger partial charge in [0.25, 0.3) is 0 Å². The largest absolute Gasteiger partial charge is 0.490 e. The minimum atomic E-state index is -2.14. The Kier molecular flexibility index (Phi) is 9.68. The summed E-state index contributed by atoms with van der Waals surface area (Å²) in [7, 11) is -0.841. The maximum atomic E-state index is 13.8. The molecule has 6 atom stereocenters. The fourth-order valence-electron chi connectivity index (χ4n) is 8.86. The van der Waals surface area contributed by atoms with Gasteiger partial charge < -0.3 is 28.8 Å². The summed E-state index contributed by atoms with van der Waals surface area (Å²) < 4.78 is 19.1. The highest BCUT2D eigenvalue weighted by Gasteiger charge is 2.49. The monoisotopic (exact) mass is 734 g/mol. The lowest BCUT2D eigenvalue weighted by Gasteiger charge is -2.48. The second-order valence-electron chi connectivity index (χ2n) is 17.4. The maximum Gasteiger partial charge on any atom is 0.343 e. The summed E-state index contributed by atoms with van der Waals surface area (Å²) in [5.41, 5.74) is 1.32. The fourth-order valence-corrected chi connectivity index (χ4v) is 10.3. The number of hydrogen-bond acceptors (Lipinski definition) is 7. The highest BCUT2D eigenvalue weighted by molar-refractivity contribution is 6.74. The van der Waals surface area contributed by atoms with E-state index in [4.69, 9.17) is 25.5 Å². The van der Waals surface area contributed by atoms with Crippen LogP contribution in [0.25, 0.3) is 0 Å². The van der Waals surface area contributed by atoms with Crippen molar-refractivity contribution in [3.05, 3.63) is 70.3 Å². The first-order chi connectivity index (χ1) is 24.1. The average molecular weight is 735 g/mol. The van der Waals surface area contributed by atoms with Crippen LogP contribution in [0.15, 0.2) is 48.6 Å². The molecule has 1 amide bonds. The van der Waals surface area contributed by atoms with Gasteiger partial charge in [0.1, 0.15) is 5.75 Å². The Morgan fingerprint density at radius 3 is 2.61 bits per heavy atom. The average Bonchev–Trinajstić information content (AvgIpc) is 3.19. The number of ether oxygens (including phenoxy) is 2. The third-order valence-corrected chi connectivity index (χ3v) is 17.9. The first-order valence-electron chi connectivity index (χ1n) is 18.9. The number of hydrogen-bond donors (Lipinski definition) is 1. The maximum absolute atomic E-state index is 13.8. The summed E-state index contributed by atoms with van der Waals surface area (Å²) in [6.07, 6.45) is 10.9. The zero-order chi connectivity index (χ0) is 36.3. The van der Waals surface area contributed by atoms with E-state index in [0.29, 0.717) is 42.7 Å². The Morgan fingerprint density at radius 1 is 1.12 bits per heavy atom. The number of amides is 1. The van der Waals surface area contributed by atoms with Crippen LogP contribution in [0.2, 0.25) is 23.2 Å². The van der Waals surface area contributed by atoms with Crippen molar-refractivity contribution in [1.82, 2.24) is 4.90 Å². The number of rotatable bonds is 3. The molecule has 2 aromatic carbocycles. The van der Waals surface area contributed by atoms with E-state index in [9.17, 15) is 14.7 Å². The van der Waals surface area contributed by atoms with Crippen molar-refractivity contribution in [1.29, 1.82) is 0 Å². The summed E-state index contributed by atoms with van der Waals surface area (Å²) in [5.74, 6) is 0.336. The molecule has 1 saturated carbocycles. The zero-order valence-electron chi connectivity index (χ0n) is 31.2. The molecule has 1 saturated heterocycles. The van der Waals surface area contributed by atoms with Crippen LogP contribution in [-0.4, -0.2) is 75.7 Å². The SMILES string of the molecule is COC(=O)C1(O)CC(=O)N2CC[C@H]2C/C=C/C(O[Si](C)(C)C(C)(C)C)C2CCC2CN2CC3(CCCc4cc(Cl)ccc43)COc3ccc1cc32. The van der Waals surface area contributed by atoms with Gasteiger partial charge in [0.15, 0.2) is 13.9 Å². The molecule has 8 nitrogen and oxygen atoms in total. The van der Waals surface area contributed by atoms with Crippen molar-refractivity contribution in [2.24, 2.45) is 11.8 Å². The highest BCUT2D eigenvalue weighted by Crippen LogP contribution is 2.49. The van der Waals surface area contributed by atoms with Gasteiger partial charge in [-0.1, -0.05) is 56.7 Å². The van der Waals surface area contributed by atoms with Crippen LogP contribution < -0.4 is 9.64 Å². The van der Waals surface area contributed by atoms with Gasteiger partial charge in [0, 0.05) is 36.1 Å². The van der Waals surface area contributed by atoms with Crippen LogP contribution in [0.1, 0.15) is 82.4 Å². The topological polar surface area (TPSA) is 88.5 Å². The number of carbonyl (C=O) groups is 2. The number of anilines is 1. The molecule has 3 heterocycles. The van der Waals surface area contributed by atoms with Crippen LogP contribution in [-0.2, 0) is 36.2 Å². The molecule has 2 fully saturated rings. The molecule has 5 unspecified atom stereocenters. The van der Waals surface area contributed by atoms with Crippen molar-refractivity contribution in [3.8, 4) is 5.75 Å². The lowest BCUT2D eigenvalue weighted by Crippen LogP contribution is -2.54. The number of esters is 1. The van der Waals surface area contributed by atoms with Gasteiger partial charge in [0.2, 0.25) is 5.91 Å². The van der Waals surface area contributed by atoms with E-state index >= 15 is 0 Å². The molecule has 10 heteroatoms. The highest BCUT2D eigenvalue weighted by atomic mass is 35.5. The zero-order valence-corrected chi connectivity index (χ0v) is 32.9. The number of benzene rings is 2. The summed E-state index contributed by atoms with van der Waals surface area (Å²) in [5, 5.41) is 13.0. The number of nitrogens with zero attached hydrogens (tertiary/aromatic N) is 2. The predicted molar refractivity (Wildman–Crippen MR) is 203 cm³/mol. The second kappa shape index (κ2) is 13.5. The quantitative estimate of drug-likeness (QED) is 0.198. The van der Waals surface area contributed by atoms with Crippen LogP contribution in [0.5, 0.6) is 5.75 Å². The molecular formula is C41H55ClN2O6Si. The number of halogens is 1. The molecule has 2 aliphatic carbocycles. The molecule has 0 radical (unpaired) electrons. The van der Waals surface area contributed by atoms with Crippen LogP contribution in [0.4, 0.5) is 5.69 Å². The van der Waals surface area contributed by atoms with E-state index in [1.54, 1.807) is 11.0 Å². The summed E-state index contributed by atoms with van der Waals surface area (Å²) in [6, 6.07) is 11.8. The molecular weight excluding hydrogens is 680 g/mol. The van der Waals surface area contributed by atoms with Gasteiger partial charge in [-0.3, -0.25) is 4.79 Å². The first kappa shape index (κ1) is 36.5. The van der Waals surface area contributed by atoms with Gasteiger partial charge >= 0.3 is 5.97 Å². The molecule has 5 aliphatic rings. The molecule has 2 bridgehead atoms. The smallest absolute Gasteiger partial charge is 0.343 e. The van der Waals surface area contributed by atoms with E-state index in [1.807, 2.05) is 18.2 Å². The standard InChI is InChI=1S/C41H55ClN2O6Si/c1-39(2,3)51(5,6)50-35-11-7-10-31-18-20-44(31)37(45)23-41(47,38(46)48-4)29-13-17-36-34(22-29)43(24-28-12-15-32(28)35)25-40(26-49-36)19-8-9-27-21-30(42)14-16-33(27)40/h7,11,13-14,16-17,21-22,28,31-32,35,47H,8-10,12,15,18-20,23-26H2,1-6H3/b11-7+/t28?,31-,32?,35?,40?,41?/m1/s1. The van der Waals surface area contributed by atoms with Gasteiger partial charge in [0.05, 0.1) is 31.9 Å². The molecule has 1 spiro atoms. The predicted octanol–water partition coefficient (Wildman–Crippen LogP) is 7.54.